The first kappa shape index (κ1) is 37.8. The Morgan fingerprint density at radius 3 is 1.78 bits per heavy atom. The largest absolute Gasteiger partial charge is 0.384 e. The zero-order chi connectivity index (χ0) is 37.4. The summed E-state index contributed by atoms with van der Waals surface area (Å²) in [5.41, 5.74) is 2.25. The fraction of sp³-hybridized carbons (Fsp3) is 0.783. The number of benzene rings is 1. The molecule has 8 bridgehead atoms. The number of rotatable bonds is 21. The van der Waals surface area contributed by atoms with Crippen molar-refractivity contribution < 1.29 is 9.59 Å². The maximum absolute atomic E-state index is 14.3. The zero-order valence-electron chi connectivity index (χ0n) is 33.5. The smallest absolute Gasteiger partial charge is 0.264 e. The second kappa shape index (κ2) is 16.2. The molecule has 1 aliphatic heterocycles. The lowest BCUT2D eigenvalue weighted by Crippen LogP contribution is -2.48. The van der Waals surface area contributed by atoms with Crippen LogP contribution in [0.5, 0.6) is 0 Å². The Labute approximate surface area is 328 Å². The molecule has 5 atom stereocenters. The van der Waals surface area contributed by atoms with Gasteiger partial charge in [-0.05, 0) is 157 Å². The average Bonchev–Trinajstić information content (AvgIpc) is 3.79. The van der Waals surface area contributed by atoms with E-state index in [0.29, 0.717) is 40.6 Å². The van der Waals surface area contributed by atoms with Crippen molar-refractivity contribution in [1.29, 1.82) is 0 Å². The normalized spacial score (nSPS) is 34.1. The fourth-order valence-electron chi connectivity index (χ4n) is 13.7. The molecule has 5 unspecified atom stereocenters. The molecule has 300 valence electrons. The van der Waals surface area contributed by atoms with Gasteiger partial charge in [-0.15, -0.1) is 0 Å². The summed E-state index contributed by atoms with van der Waals surface area (Å²) in [6.45, 7) is 3.11. The third-order valence-electron chi connectivity index (χ3n) is 15.9. The van der Waals surface area contributed by atoms with Crippen molar-refractivity contribution in [3.63, 3.8) is 0 Å². The molecule has 9 heteroatoms. The van der Waals surface area contributed by atoms with E-state index in [4.69, 9.17) is 4.98 Å². The number of carbonyl (C=O) groups is 2. The van der Waals surface area contributed by atoms with Crippen LogP contribution in [0.1, 0.15) is 160 Å². The lowest BCUT2D eigenvalue weighted by molar-refractivity contribution is -0.135. The summed E-state index contributed by atoms with van der Waals surface area (Å²) >= 11 is 0. The van der Waals surface area contributed by atoms with E-state index < -0.39 is 11.9 Å². The zero-order valence-corrected chi connectivity index (χ0v) is 33.5. The Kier molecular flexibility index (Phi) is 11.1. The van der Waals surface area contributed by atoms with Crippen molar-refractivity contribution >= 4 is 28.4 Å². The molecular formula is C46H68N6O3. The first-order valence-corrected chi connectivity index (χ1v) is 23.0. The maximum Gasteiger partial charge on any atom is 0.264 e. The molecule has 0 spiro atoms. The number of anilines is 1. The van der Waals surface area contributed by atoms with Crippen molar-refractivity contribution in [3.8, 4) is 0 Å². The first-order valence-electron chi connectivity index (χ1n) is 23.0. The predicted octanol–water partition coefficient (Wildman–Crippen LogP) is 7.96. The summed E-state index contributed by atoms with van der Waals surface area (Å²) in [7, 11) is 0. The van der Waals surface area contributed by atoms with Gasteiger partial charge in [-0.1, -0.05) is 51.0 Å². The molecule has 9 fully saturated rings. The molecule has 8 saturated carbocycles. The molecular weight excluding hydrogens is 685 g/mol. The standard InChI is InChI=1S/C46H68N6O3/c53-41-17-16-39(43(54)51-41)52-40(15-8-4-1-2-6-10-19-48-45-25-31-21-33(27-45)34(22-31)28-45)50-38-14-12-13-37(42(38)44(52)55)47-18-9-5-3-7-11-20-49-46-26-32-23-35(29-46)36(24-32)30-46/h12-14,31-36,39,47-49H,1-11,15-30H2,(H,51,53,54). The minimum absolute atomic E-state index is 0.177. The van der Waals surface area contributed by atoms with Crippen molar-refractivity contribution in [1.82, 2.24) is 25.5 Å². The minimum atomic E-state index is -0.713. The second-order valence-electron chi connectivity index (χ2n) is 19.8. The number of fused-ring (bicyclic) bond motifs is 1. The molecule has 9 nitrogen and oxygen atoms in total. The van der Waals surface area contributed by atoms with Crippen molar-refractivity contribution in [2.24, 2.45) is 35.5 Å². The van der Waals surface area contributed by atoms with Gasteiger partial charge in [0.2, 0.25) is 11.8 Å². The fourth-order valence-corrected chi connectivity index (χ4v) is 13.7. The van der Waals surface area contributed by atoms with Crippen LogP contribution in [0.2, 0.25) is 0 Å². The van der Waals surface area contributed by atoms with E-state index in [-0.39, 0.29) is 17.9 Å². The van der Waals surface area contributed by atoms with E-state index in [1.54, 1.807) is 4.57 Å². The minimum Gasteiger partial charge on any atom is -0.384 e. The molecule has 0 radical (unpaired) electrons. The quantitative estimate of drug-likeness (QED) is 0.0756. The SMILES string of the molecule is O=C1CCC(n2c(CCCCCCCCNC34CC5CC(C3)C(C5)C4)nc3cccc(NCCCCCCCNC45CC6CC(C4)C(C6)C5)c3c2=O)C(=O)N1. The number of hydrogen-bond acceptors (Lipinski definition) is 7. The number of unbranched alkanes of at least 4 members (excludes halogenated alkanes) is 9. The van der Waals surface area contributed by atoms with Gasteiger partial charge in [0.15, 0.2) is 0 Å². The van der Waals surface area contributed by atoms with Crippen LogP contribution in [0.4, 0.5) is 5.69 Å². The maximum atomic E-state index is 14.3. The molecule has 4 N–H and O–H groups in total. The van der Waals surface area contributed by atoms with E-state index in [2.05, 4.69) is 21.3 Å². The van der Waals surface area contributed by atoms with Gasteiger partial charge < -0.3 is 16.0 Å². The molecule has 8 aliphatic carbocycles. The van der Waals surface area contributed by atoms with Crippen LogP contribution in [0.25, 0.3) is 10.9 Å². The van der Waals surface area contributed by atoms with Crippen LogP contribution >= 0.6 is 0 Å². The summed E-state index contributed by atoms with van der Waals surface area (Å²) in [4.78, 5) is 44.5. The molecule has 2 heterocycles. The van der Waals surface area contributed by atoms with Crippen LogP contribution < -0.4 is 26.8 Å². The highest BCUT2D eigenvalue weighted by molar-refractivity contribution is 5.99. The van der Waals surface area contributed by atoms with Gasteiger partial charge in [0.05, 0.1) is 10.9 Å². The molecule has 1 saturated heterocycles. The summed E-state index contributed by atoms with van der Waals surface area (Å²) < 4.78 is 1.62. The molecule has 11 rings (SSSR count). The number of imide groups is 1. The van der Waals surface area contributed by atoms with Gasteiger partial charge in [0.25, 0.3) is 5.56 Å². The molecule has 2 amide bonds. The van der Waals surface area contributed by atoms with Crippen LogP contribution in [-0.4, -0.2) is 52.1 Å². The van der Waals surface area contributed by atoms with Crippen molar-refractivity contribution in [3.05, 3.63) is 34.4 Å². The van der Waals surface area contributed by atoms with Gasteiger partial charge in [-0.2, -0.15) is 0 Å². The summed E-state index contributed by atoms with van der Waals surface area (Å²) in [5, 5.41) is 14.6. The number of aryl methyl sites for hydroxylation is 1. The second-order valence-corrected chi connectivity index (χ2v) is 19.8. The van der Waals surface area contributed by atoms with Gasteiger partial charge in [-0.25, -0.2) is 4.98 Å². The van der Waals surface area contributed by atoms with Gasteiger partial charge >= 0.3 is 0 Å². The van der Waals surface area contributed by atoms with Gasteiger partial charge in [-0.3, -0.25) is 24.3 Å². The number of nitrogens with zero attached hydrogens (tertiary/aromatic N) is 2. The predicted molar refractivity (Wildman–Crippen MR) is 219 cm³/mol. The van der Waals surface area contributed by atoms with Crippen LogP contribution in [0.3, 0.4) is 0 Å². The number of hydrogen-bond donors (Lipinski definition) is 4. The molecule has 9 aliphatic rings. The topological polar surface area (TPSA) is 117 Å². The average molecular weight is 753 g/mol. The molecule has 2 aromatic rings. The van der Waals surface area contributed by atoms with Gasteiger partial charge in [0, 0.05) is 36.2 Å². The lowest BCUT2D eigenvalue weighted by Gasteiger charge is -2.39. The highest BCUT2D eigenvalue weighted by Gasteiger charge is 2.56. The molecule has 55 heavy (non-hydrogen) atoms. The highest BCUT2D eigenvalue weighted by Crippen LogP contribution is 2.61. The third kappa shape index (κ3) is 8.04. The van der Waals surface area contributed by atoms with Gasteiger partial charge in [0.1, 0.15) is 11.9 Å². The summed E-state index contributed by atoms with van der Waals surface area (Å²) in [6, 6.07) is 5.15. The monoisotopic (exact) mass is 753 g/mol. The van der Waals surface area contributed by atoms with E-state index in [1.165, 1.54) is 109 Å². The Morgan fingerprint density at radius 1 is 0.673 bits per heavy atom. The highest BCUT2D eigenvalue weighted by atomic mass is 16.2. The summed E-state index contributed by atoms with van der Waals surface area (Å²) in [6.07, 6.45) is 28.6. The summed E-state index contributed by atoms with van der Waals surface area (Å²) in [5.74, 6) is 6.08. The third-order valence-corrected chi connectivity index (χ3v) is 15.9. The number of nitrogens with one attached hydrogen (secondary N) is 4. The number of piperidine rings is 1. The number of aromatic nitrogens is 2. The van der Waals surface area contributed by atoms with E-state index in [1.807, 2.05) is 18.2 Å². The van der Waals surface area contributed by atoms with E-state index >= 15 is 0 Å². The number of carbonyl (C=O) groups excluding carboxylic acids is 2. The number of amides is 2. The van der Waals surface area contributed by atoms with Crippen LogP contribution in [0, 0.1) is 35.5 Å². The van der Waals surface area contributed by atoms with Crippen molar-refractivity contribution in [2.75, 3.05) is 25.0 Å². The lowest BCUT2D eigenvalue weighted by atomic mass is 9.76. The van der Waals surface area contributed by atoms with Crippen LogP contribution in [0.15, 0.2) is 23.0 Å². The van der Waals surface area contributed by atoms with Crippen molar-refractivity contribution in [2.45, 2.75) is 171 Å². The molecule has 1 aromatic carbocycles. The Morgan fingerprint density at radius 2 is 1.22 bits per heavy atom. The Hall–Kier alpha value is -2.78. The van der Waals surface area contributed by atoms with E-state index in [9.17, 15) is 14.4 Å². The van der Waals surface area contributed by atoms with Crippen LogP contribution in [-0.2, 0) is 16.0 Å². The van der Waals surface area contributed by atoms with E-state index in [0.717, 1.165) is 86.5 Å². The Bertz CT molecular complexity index is 1730. The first-order chi connectivity index (χ1) is 26.9. The Balaban J connectivity index is 0.735. The molecule has 1 aromatic heterocycles.